The van der Waals surface area contributed by atoms with Crippen molar-refractivity contribution in [3.8, 4) is 0 Å². The van der Waals surface area contributed by atoms with Gasteiger partial charge in [-0.1, -0.05) is 70.8 Å². The lowest BCUT2D eigenvalue weighted by molar-refractivity contribution is -0.150. The minimum Gasteiger partial charge on any atom is -0.457 e. The fourth-order valence-electron chi connectivity index (χ4n) is 8.08. The third-order valence-corrected chi connectivity index (χ3v) is 11.6. The highest BCUT2D eigenvalue weighted by Crippen LogP contribution is 2.30. The predicted molar refractivity (Wildman–Crippen MR) is 200 cm³/mol. The van der Waals surface area contributed by atoms with Crippen LogP contribution >= 0.6 is 0 Å². The topological polar surface area (TPSA) is 109 Å². The van der Waals surface area contributed by atoms with Gasteiger partial charge in [-0.15, -0.1) is 0 Å². The van der Waals surface area contributed by atoms with Gasteiger partial charge in [-0.3, -0.25) is 9.69 Å². The number of nitrogens with zero attached hydrogens (tertiary/aromatic N) is 3. The molecule has 0 radical (unpaired) electrons. The van der Waals surface area contributed by atoms with Crippen LogP contribution in [0.4, 0.5) is 9.59 Å². The van der Waals surface area contributed by atoms with Crippen molar-refractivity contribution < 1.29 is 33.7 Å². The maximum absolute atomic E-state index is 13.5. The maximum atomic E-state index is 13.5. The number of likely N-dealkylation sites (tertiary alicyclic amines) is 1. The van der Waals surface area contributed by atoms with E-state index in [9.17, 15) is 19.5 Å². The van der Waals surface area contributed by atoms with Gasteiger partial charge in [0.1, 0.15) is 11.7 Å². The van der Waals surface area contributed by atoms with Gasteiger partial charge in [-0.25, -0.2) is 9.59 Å². The highest BCUT2D eigenvalue weighted by Gasteiger charge is 2.37. The third kappa shape index (κ3) is 12.1. The van der Waals surface area contributed by atoms with Crippen molar-refractivity contribution in [2.24, 2.45) is 17.8 Å². The van der Waals surface area contributed by atoms with Crippen molar-refractivity contribution in [2.45, 2.75) is 155 Å². The molecule has 0 aromatic rings. The zero-order valence-electron chi connectivity index (χ0n) is 32.6. The summed E-state index contributed by atoms with van der Waals surface area (Å²) in [5.41, 5.74) is -0.448. The number of ether oxygens (including phenoxy) is 3. The minimum absolute atomic E-state index is 0.000652. The van der Waals surface area contributed by atoms with Crippen molar-refractivity contribution >= 4 is 18.2 Å². The summed E-state index contributed by atoms with van der Waals surface area (Å²) < 4.78 is 17.8. The molecule has 0 spiro atoms. The van der Waals surface area contributed by atoms with Crippen LogP contribution in [0.1, 0.15) is 119 Å². The van der Waals surface area contributed by atoms with E-state index in [0.29, 0.717) is 32.0 Å². The smallest absolute Gasteiger partial charge is 0.410 e. The van der Waals surface area contributed by atoms with Crippen molar-refractivity contribution in [3.05, 3.63) is 36.0 Å². The van der Waals surface area contributed by atoms with Gasteiger partial charge < -0.3 is 29.1 Å². The van der Waals surface area contributed by atoms with Crippen LogP contribution in [-0.2, 0) is 19.0 Å². The van der Waals surface area contributed by atoms with E-state index >= 15 is 0 Å². The zero-order chi connectivity index (χ0) is 37.1. The summed E-state index contributed by atoms with van der Waals surface area (Å²) in [6.07, 6.45) is 18.3. The molecule has 1 aliphatic carbocycles. The number of rotatable bonds is 7. The van der Waals surface area contributed by atoms with Crippen LogP contribution in [0.2, 0.25) is 0 Å². The van der Waals surface area contributed by atoms with Gasteiger partial charge in [-0.05, 0) is 83.8 Å². The molecule has 0 aromatic carbocycles. The van der Waals surface area contributed by atoms with Crippen LogP contribution in [0, 0.1) is 17.8 Å². The monoisotopic (exact) mass is 713 g/mol. The van der Waals surface area contributed by atoms with Crippen LogP contribution in [0.15, 0.2) is 36.0 Å². The molecule has 4 rings (SSSR count). The lowest BCUT2D eigenvalue weighted by atomic mass is 9.87. The fourth-order valence-corrected chi connectivity index (χ4v) is 8.08. The van der Waals surface area contributed by atoms with E-state index in [0.717, 1.165) is 31.5 Å². The Balaban J connectivity index is 1.39. The molecule has 3 fully saturated rings. The quantitative estimate of drug-likeness (QED) is 0.0943. The molecule has 2 saturated heterocycles. The van der Waals surface area contributed by atoms with E-state index in [-0.39, 0.29) is 54.9 Å². The van der Waals surface area contributed by atoms with E-state index in [4.69, 9.17) is 14.2 Å². The summed E-state index contributed by atoms with van der Waals surface area (Å²) in [5, 5.41) is 11.7. The Hall–Kier alpha value is -2.85. The number of carbonyl (C=O) groups is 3. The van der Waals surface area contributed by atoms with Crippen molar-refractivity contribution in [2.75, 3.05) is 32.8 Å². The summed E-state index contributed by atoms with van der Waals surface area (Å²) in [6, 6.07) is 1.00. The van der Waals surface area contributed by atoms with Gasteiger partial charge in [0, 0.05) is 62.6 Å². The van der Waals surface area contributed by atoms with Gasteiger partial charge in [0.2, 0.25) is 0 Å². The van der Waals surface area contributed by atoms with Crippen molar-refractivity contribution in [1.82, 2.24) is 14.7 Å². The summed E-state index contributed by atoms with van der Waals surface area (Å²) in [6.45, 7) is 16.9. The molecule has 2 amide bonds. The summed E-state index contributed by atoms with van der Waals surface area (Å²) in [7, 11) is 0. The number of aliphatic hydroxyl groups is 1. The standard InChI is InChI=1S/C41H67N3O7/c1-29-21-22-41(7,48)36(50-39(46)43-25-23-42(24-26-43)35-15-10-8-9-11-16-35)20-17-32(4)38(51-37(45)27-29)31(3)14-12-13-30(2)28-49-40(47)44-33(5)18-19-34(44)6/h12-14,17,20,29-30,32-36,38,48H,8-11,15-16,18-19,21-28H2,1-7H3/b13-12+,20-17+,31-14+/t29-,30-,32+,33-,34-,36+,38-,41-/m1/s1. The molecule has 4 aliphatic rings. The Labute approximate surface area is 307 Å². The van der Waals surface area contributed by atoms with Crippen LogP contribution in [0.3, 0.4) is 0 Å². The first-order valence-corrected chi connectivity index (χ1v) is 19.8. The number of piperazine rings is 1. The van der Waals surface area contributed by atoms with Crippen molar-refractivity contribution in [3.63, 3.8) is 0 Å². The second kappa shape index (κ2) is 19.3. The molecule has 10 nitrogen and oxygen atoms in total. The molecule has 0 unspecified atom stereocenters. The maximum Gasteiger partial charge on any atom is 0.410 e. The molecule has 0 aromatic heterocycles. The van der Waals surface area contributed by atoms with Gasteiger partial charge in [-0.2, -0.15) is 0 Å². The number of hydrogen-bond donors (Lipinski definition) is 1. The Morgan fingerprint density at radius 2 is 1.61 bits per heavy atom. The lowest BCUT2D eigenvalue weighted by Crippen LogP contribution is -2.53. The van der Waals surface area contributed by atoms with Crippen molar-refractivity contribution in [1.29, 1.82) is 0 Å². The van der Waals surface area contributed by atoms with Crippen LogP contribution < -0.4 is 0 Å². The first kappa shape index (κ1) is 40.9. The number of esters is 1. The van der Waals surface area contributed by atoms with Gasteiger partial charge in [0.15, 0.2) is 6.10 Å². The number of hydrogen-bond acceptors (Lipinski definition) is 8. The Morgan fingerprint density at radius 1 is 0.961 bits per heavy atom. The van der Waals surface area contributed by atoms with E-state index in [1.165, 1.54) is 38.5 Å². The summed E-state index contributed by atoms with van der Waals surface area (Å²) in [4.78, 5) is 45.4. The normalized spacial score (nSPS) is 33.9. The molecule has 288 valence electrons. The molecule has 8 atom stereocenters. The lowest BCUT2D eigenvalue weighted by Gasteiger charge is -2.40. The summed E-state index contributed by atoms with van der Waals surface area (Å²) >= 11 is 0. The largest absolute Gasteiger partial charge is 0.457 e. The number of allylic oxidation sites excluding steroid dienone is 2. The first-order valence-electron chi connectivity index (χ1n) is 19.8. The first-order chi connectivity index (χ1) is 24.2. The van der Waals surface area contributed by atoms with E-state index in [1.807, 2.05) is 56.9 Å². The highest BCUT2D eigenvalue weighted by atomic mass is 16.6. The number of carbonyl (C=O) groups excluding carboxylic acids is 3. The molecule has 3 heterocycles. The second-order valence-electron chi connectivity index (χ2n) is 16.4. The molecule has 0 bridgehead atoms. The highest BCUT2D eigenvalue weighted by molar-refractivity contribution is 5.70. The van der Waals surface area contributed by atoms with Gasteiger partial charge in [0.25, 0.3) is 0 Å². The average Bonchev–Trinajstić information content (AvgIpc) is 3.25. The average molecular weight is 714 g/mol. The Kier molecular flexibility index (Phi) is 15.5. The SMILES string of the molecule is C/C(=C\C=C\[C@@H](C)COC(=O)N1[C@H](C)CC[C@H]1C)[C@H]1OC(=O)C[C@H](C)CC[C@@](C)(O)[C@@H](OC(=O)N2CCN(C3CCCCCC3)CC2)/C=C/[C@@H]1C. The van der Waals surface area contributed by atoms with Crippen LogP contribution in [0.5, 0.6) is 0 Å². The summed E-state index contributed by atoms with van der Waals surface area (Å²) in [5.74, 6) is -0.547. The molecule has 3 aliphatic heterocycles. The Morgan fingerprint density at radius 3 is 2.25 bits per heavy atom. The molecule has 51 heavy (non-hydrogen) atoms. The fraction of sp³-hybridized carbons (Fsp3) is 0.780. The Bertz CT molecular complexity index is 1220. The molecule has 1 saturated carbocycles. The molecular formula is C41H67N3O7. The second-order valence-corrected chi connectivity index (χ2v) is 16.4. The van der Waals surface area contributed by atoms with Crippen LogP contribution in [-0.4, -0.2) is 107 Å². The van der Waals surface area contributed by atoms with Gasteiger partial charge >= 0.3 is 18.2 Å². The predicted octanol–water partition coefficient (Wildman–Crippen LogP) is 7.66. The third-order valence-electron chi connectivity index (χ3n) is 11.6. The number of amides is 2. The minimum atomic E-state index is -1.31. The zero-order valence-corrected chi connectivity index (χ0v) is 32.6. The van der Waals surface area contributed by atoms with E-state index < -0.39 is 23.9 Å². The molecule has 10 heteroatoms. The van der Waals surface area contributed by atoms with Gasteiger partial charge in [0.05, 0.1) is 6.61 Å². The van der Waals surface area contributed by atoms with E-state index in [1.54, 1.807) is 17.9 Å². The van der Waals surface area contributed by atoms with E-state index in [2.05, 4.69) is 18.7 Å². The molecule has 1 N–H and O–H groups in total. The van der Waals surface area contributed by atoms with Crippen LogP contribution in [0.25, 0.3) is 0 Å². The molecular weight excluding hydrogens is 646 g/mol. The number of cyclic esters (lactones) is 1.